The van der Waals surface area contributed by atoms with E-state index in [9.17, 15) is 9.90 Å². The summed E-state index contributed by atoms with van der Waals surface area (Å²) in [7, 11) is 0. The smallest absolute Gasteiger partial charge is 0.221 e. The lowest BCUT2D eigenvalue weighted by Gasteiger charge is -2.26. The second kappa shape index (κ2) is 5.83. The van der Waals surface area contributed by atoms with Crippen molar-refractivity contribution >= 4 is 5.91 Å². The molecule has 0 radical (unpaired) electrons. The largest absolute Gasteiger partial charge is 0.396 e. The van der Waals surface area contributed by atoms with Crippen LogP contribution in [0.1, 0.15) is 44.9 Å². The van der Waals surface area contributed by atoms with E-state index in [0.29, 0.717) is 19.0 Å². The van der Waals surface area contributed by atoms with Crippen molar-refractivity contribution in [1.82, 2.24) is 10.6 Å². The fourth-order valence-electron chi connectivity index (χ4n) is 2.57. The van der Waals surface area contributed by atoms with Crippen LogP contribution in [0.25, 0.3) is 0 Å². The lowest BCUT2D eigenvalue weighted by Crippen LogP contribution is -2.39. The first kappa shape index (κ1) is 12.8. The molecule has 0 saturated heterocycles. The molecule has 2 aliphatic rings. The Morgan fingerprint density at radius 1 is 1.29 bits per heavy atom. The van der Waals surface area contributed by atoms with E-state index in [4.69, 9.17) is 0 Å². The fourth-order valence-corrected chi connectivity index (χ4v) is 2.57. The van der Waals surface area contributed by atoms with Gasteiger partial charge in [-0.3, -0.25) is 4.79 Å². The van der Waals surface area contributed by atoms with Gasteiger partial charge in [0, 0.05) is 31.0 Å². The predicted octanol–water partition coefficient (Wildman–Crippen LogP) is 0.797. The van der Waals surface area contributed by atoms with Gasteiger partial charge < -0.3 is 15.7 Å². The Bertz CT molecular complexity index is 258. The average molecular weight is 240 g/mol. The molecule has 4 heteroatoms. The summed E-state index contributed by atoms with van der Waals surface area (Å²) in [6.07, 6.45) is 7.52. The van der Waals surface area contributed by atoms with Gasteiger partial charge in [-0.2, -0.15) is 0 Å². The third-order valence-corrected chi connectivity index (χ3v) is 4.02. The van der Waals surface area contributed by atoms with Crippen LogP contribution in [0.5, 0.6) is 0 Å². The predicted molar refractivity (Wildman–Crippen MR) is 66.6 cm³/mol. The van der Waals surface area contributed by atoms with Crippen LogP contribution >= 0.6 is 0 Å². The Morgan fingerprint density at radius 3 is 2.59 bits per heavy atom. The van der Waals surface area contributed by atoms with E-state index in [1.807, 2.05) is 0 Å². The van der Waals surface area contributed by atoms with Crippen LogP contribution in [-0.4, -0.2) is 36.8 Å². The van der Waals surface area contributed by atoms with Crippen molar-refractivity contribution in [3.05, 3.63) is 0 Å². The Labute approximate surface area is 103 Å². The highest BCUT2D eigenvalue weighted by Gasteiger charge is 2.33. The van der Waals surface area contributed by atoms with Gasteiger partial charge in [0.2, 0.25) is 5.91 Å². The summed E-state index contributed by atoms with van der Waals surface area (Å²) >= 11 is 0. The van der Waals surface area contributed by atoms with Crippen LogP contribution < -0.4 is 10.6 Å². The Hall–Kier alpha value is -0.610. The lowest BCUT2D eigenvalue weighted by atomic mass is 9.87. The maximum absolute atomic E-state index is 11.6. The number of carbonyl (C=O) groups is 1. The molecule has 0 aliphatic heterocycles. The number of hydrogen-bond donors (Lipinski definition) is 3. The van der Waals surface area contributed by atoms with Gasteiger partial charge in [0.1, 0.15) is 0 Å². The number of aliphatic hydroxyl groups is 1. The van der Waals surface area contributed by atoms with Crippen LogP contribution in [0.3, 0.4) is 0 Å². The molecule has 0 unspecified atom stereocenters. The third kappa shape index (κ3) is 3.96. The van der Waals surface area contributed by atoms with Crippen molar-refractivity contribution in [2.45, 2.75) is 51.0 Å². The van der Waals surface area contributed by atoms with Gasteiger partial charge in [-0.15, -0.1) is 0 Å². The number of rotatable bonds is 7. The Kier molecular flexibility index (Phi) is 4.40. The van der Waals surface area contributed by atoms with Gasteiger partial charge >= 0.3 is 0 Å². The van der Waals surface area contributed by atoms with Crippen molar-refractivity contribution in [3.63, 3.8) is 0 Å². The molecule has 17 heavy (non-hydrogen) atoms. The molecule has 0 bridgehead atoms. The molecule has 0 atom stereocenters. The molecule has 2 saturated carbocycles. The molecule has 2 aliphatic carbocycles. The van der Waals surface area contributed by atoms with Crippen molar-refractivity contribution in [2.24, 2.45) is 5.41 Å². The topological polar surface area (TPSA) is 61.4 Å². The molecule has 0 spiro atoms. The average Bonchev–Trinajstić information content (AvgIpc) is 3.04. The zero-order valence-electron chi connectivity index (χ0n) is 10.5. The molecule has 2 fully saturated rings. The Morgan fingerprint density at radius 2 is 2.00 bits per heavy atom. The minimum atomic E-state index is -0.0282. The first-order valence-corrected chi connectivity index (χ1v) is 6.85. The van der Waals surface area contributed by atoms with Crippen molar-refractivity contribution in [3.8, 4) is 0 Å². The highest BCUT2D eigenvalue weighted by Crippen LogP contribution is 2.36. The summed E-state index contributed by atoms with van der Waals surface area (Å²) in [5.41, 5.74) is -0.0282. The van der Waals surface area contributed by atoms with E-state index >= 15 is 0 Å². The summed E-state index contributed by atoms with van der Waals surface area (Å²) in [4.78, 5) is 11.6. The summed E-state index contributed by atoms with van der Waals surface area (Å²) in [6, 6.07) is 0.668. The number of amides is 1. The van der Waals surface area contributed by atoms with Crippen LogP contribution in [0.15, 0.2) is 0 Å². The summed E-state index contributed by atoms with van der Waals surface area (Å²) < 4.78 is 0. The van der Waals surface area contributed by atoms with Crippen LogP contribution in [0, 0.1) is 5.41 Å². The number of carbonyl (C=O) groups excluding carboxylic acids is 1. The van der Waals surface area contributed by atoms with Gasteiger partial charge in [0.25, 0.3) is 0 Å². The molecule has 1 amide bonds. The van der Waals surface area contributed by atoms with Gasteiger partial charge in [0.05, 0.1) is 6.61 Å². The SMILES string of the molecule is O=C(CCNC1CC1)NCC1(CO)CCCC1. The molecule has 0 aromatic carbocycles. The molecule has 0 aromatic heterocycles. The van der Waals surface area contributed by atoms with Crippen LogP contribution in [0.4, 0.5) is 0 Å². The number of nitrogens with one attached hydrogen (secondary N) is 2. The maximum Gasteiger partial charge on any atom is 0.221 e. The van der Waals surface area contributed by atoms with E-state index in [1.165, 1.54) is 25.7 Å². The van der Waals surface area contributed by atoms with E-state index in [2.05, 4.69) is 10.6 Å². The molecule has 4 nitrogen and oxygen atoms in total. The van der Waals surface area contributed by atoms with Gasteiger partial charge in [0.15, 0.2) is 0 Å². The molecule has 98 valence electrons. The standard InChI is InChI=1S/C13H24N2O2/c16-10-13(6-1-2-7-13)9-15-12(17)5-8-14-11-3-4-11/h11,14,16H,1-10H2,(H,15,17). The summed E-state index contributed by atoms with van der Waals surface area (Å²) in [6.45, 7) is 1.63. The first-order chi connectivity index (χ1) is 8.24. The van der Waals surface area contributed by atoms with Gasteiger partial charge in [-0.1, -0.05) is 12.8 Å². The Balaban J connectivity index is 1.60. The van der Waals surface area contributed by atoms with E-state index < -0.39 is 0 Å². The molecular formula is C13H24N2O2. The number of aliphatic hydroxyl groups excluding tert-OH is 1. The lowest BCUT2D eigenvalue weighted by molar-refractivity contribution is -0.121. The van der Waals surface area contributed by atoms with Crippen molar-refractivity contribution < 1.29 is 9.90 Å². The molecular weight excluding hydrogens is 216 g/mol. The first-order valence-electron chi connectivity index (χ1n) is 6.85. The molecule has 0 heterocycles. The zero-order chi connectivity index (χ0) is 12.1. The molecule has 2 rings (SSSR count). The second-order valence-electron chi connectivity index (χ2n) is 5.62. The van der Waals surface area contributed by atoms with Gasteiger partial charge in [-0.25, -0.2) is 0 Å². The summed E-state index contributed by atoms with van der Waals surface area (Å²) in [5.74, 6) is 0.109. The van der Waals surface area contributed by atoms with Crippen LogP contribution in [-0.2, 0) is 4.79 Å². The summed E-state index contributed by atoms with van der Waals surface area (Å²) in [5, 5.41) is 15.7. The third-order valence-electron chi connectivity index (χ3n) is 4.02. The minimum Gasteiger partial charge on any atom is -0.396 e. The second-order valence-corrected chi connectivity index (χ2v) is 5.62. The zero-order valence-corrected chi connectivity index (χ0v) is 10.5. The molecule has 0 aromatic rings. The van der Waals surface area contributed by atoms with Crippen molar-refractivity contribution in [2.75, 3.05) is 19.7 Å². The normalized spacial score (nSPS) is 22.6. The quantitative estimate of drug-likeness (QED) is 0.617. The molecule has 3 N–H and O–H groups in total. The van der Waals surface area contributed by atoms with Crippen LogP contribution in [0.2, 0.25) is 0 Å². The van der Waals surface area contributed by atoms with Gasteiger partial charge in [-0.05, 0) is 25.7 Å². The van der Waals surface area contributed by atoms with E-state index in [1.54, 1.807) is 0 Å². The maximum atomic E-state index is 11.6. The van der Waals surface area contributed by atoms with Crippen molar-refractivity contribution in [1.29, 1.82) is 0 Å². The monoisotopic (exact) mass is 240 g/mol. The number of hydrogen-bond acceptors (Lipinski definition) is 3. The highest BCUT2D eigenvalue weighted by atomic mass is 16.3. The van der Waals surface area contributed by atoms with E-state index in [-0.39, 0.29) is 17.9 Å². The van der Waals surface area contributed by atoms with E-state index in [0.717, 1.165) is 19.4 Å². The minimum absolute atomic E-state index is 0.0282. The fraction of sp³-hybridized carbons (Fsp3) is 0.923. The highest BCUT2D eigenvalue weighted by molar-refractivity contribution is 5.76.